The highest BCUT2D eigenvalue weighted by Gasteiger charge is 2.37. The molecule has 12 heteroatoms. The van der Waals surface area contributed by atoms with Gasteiger partial charge in [-0.25, -0.2) is 8.42 Å². The quantitative estimate of drug-likeness (QED) is 0.313. The molecule has 0 aliphatic carbocycles. The number of anilines is 1. The van der Waals surface area contributed by atoms with Gasteiger partial charge in [0.25, 0.3) is 10.0 Å². The minimum absolute atomic E-state index is 0.0710. The van der Waals surface area contributed by atoms with Crippen LogP contribution in [0.4, 0.5) is 18.9 Å². The third kappa shape index (κ3) is 7.80. The summed E-state index contributed by atoms with van der Waals surface area (Å²) in [4.78, 5) is 27.6. The maximum atomic E-state index is 13.8. The number of hydrogen-bond acceptors (Lipinski definition) is 4. The van der Waals surface area contributed by atoms with Crippen LogP contribution in [0.1, 0.15) is 30.0 Å². The zero-order valence-corrected chi connectivity index (χ0v) is 24.4. The lowest BCUT2D eigenvalue weighted by Gasteiger charge is -2.33. The number of benzene rings is 3. The average molecular weight is 610 g/mol. The molecule has 220 valence electrons. The van der Waals surface area contributed by atoms with Crippen molar-refractivity contribution < 1.29 is 31.2 Å². The van der Waals surface area contributed by atoms with Crippen molar-refractivity contribution in [1.29, 1.82) is 0 Å². The molecule has 0 radical (unpaired) electrons. The Labute approximate surface area is 243 Å². The number of nitrogens with zero attached hydrogens (tertiary/aromatic N) is 2. The molecule has 41 heavy (non-hydrogen) atoms. The number of likely N-dealkylation sites (N-methyl/N-ethyl adjacent to an activating group) is 1. The van der Waals surface area contributed by atoms with E-state index in [9.17, 15) is 31.2 Å². The van der Waals surface area contributed by atoms with Gasteiger partial charge in [-0.05, 0) is 55.7 Å². The van der Waals surface area contributed by atoms with Crippen LogP contribution in [0, 0.1) is 6.92 Å². The topological polar surface area (TPSA) is 86.8 Å². The van der Waals surface area contributed by atoms with Gasteiger partial charge in [0, 0.05) is 13.6 Å². The zero-order chi connectivity index (χ0) is 30.4. The van der Waals surface area contributed by atoms with Crippen molar-refractivity contribution in [2.75, 3.05) is 24.4 Å². The summed E-state index contributed by atoms with van der Waals surface area (Å²) < 4.78 is 69.4. The molecule has 0 fully saturated rings. The fraction of sp³-hybridized carbons (Fsp3) is 0.310. The van der Waals surface area contributed by atoms with Gasteiger partial charge in [-0.2, -0.15) is 13.2 Å². The summed E-state index contributed by atoms with van der Waals surface area (Å²) >= 11 is 5.79. The van der Waals surface area contributed by atoms with E-state index in [2.05, 4.69) is 5.32 Å². The van der Waals surface area contributed by atoms with Crippen molar-refractivity contribution in [3.8, 4) is 0 Å². The first kappa shape index (κ1) is 32.0. The fourth-order valence-corrected chi connectivity index (χ4v) is 5.95. The highest BCUT2D eigenvalue weighted by Crippen LogP contribution is 2.38. The standard InChI is InChI=1S/C29H31ClF3N3O4S/c1-4-26(28(38)34-3)35(17-16-21-8-6-5-7-9-21)27(37)19-36(41(39,40)23-13-10-20(2)11-14-23)22-12-15-25(30)24(18-22)29(31,32)33/h5-15,18,26H,4,16-17,19H2,1-3H3,(H,34,38)/t26-/m0/s1. The van der Waals surface area contributed by atoms with Gasteiger partial charge in [-0.1, -0.05) is 66.6 Å². The molecule has 1 atom stereocenters. The highest BCUT2D eigenvalue weighted by atomic mass is 35.5. The maximum Gasteiger partial charge on any atom is 0.417 e. The van der Waals surface area contributed by atoms with E-state index < -0.39 is 56.9 Å². The van der Waals surface area contributed by atoms with Crippen LogP contribution in [0.3, 0.4) is 0 Å². The number of alkyl halides is 3. The van der Waals surface area contributed by atoms with Gasteiger partial charge in [-0.15, -0.1) is 0 Å². The smallest absolute Gasteiger partial charge is 0.357 e. The monoisotopic (exact) mass is 609 g/mol. The van der Waals surface area contributed by atoms with Crippen LogP contribution in [0.5, 0.6) is 0 Å². The molecular weight excluding hydrogens is 579 g/mol. The molecule has 1 N–H and O–H groups in total. The van der Waals surface area contributed by atoms with Gasteiger partial charge < -0.3 is 10.2 Å². The van der Waals surface area contributed by atoms with Crippen LogP contribution in [-0.2, 0) is 32.2 Å². The lowest BCUT2D eigenvalue weighted by Crippen LogP contribution is -2.52. The predicted molar refractivity (Wildman–Crippen MR) is 152 cm³/mol. The molecule has 0 aliphatic heterocycles. The Morgan fingerprint density at radius 1 is 1.00 bits per heavy atom. The van der Waals surface area contributed by atoms with Crippen LogP contribution >= 0.6 is 11.6 Å². The largest absolute Gasteiger partial charge is 0.417 e. The first-order valence-corrected chi connectivity index (χ1v) is 14.6. The Morgan fingerprint density at radius 3 is 2.20 bits per heavy atom. The van der Waals surface area contributed by atoms with E-state index in [4.69, 9.17) is 11.6 Å². The molecule has 0 heterocycles. The minimum Gasteiger partial charge on any atom is -0.357 e. The summed E-state index contributed by atoms with van der Waals surface area (Å²) in [6.07, 6.45) is -4.28. The van der Waals surface area contributed by atoms with Crippen molar-refractivity contribution in [3.05, 3.63) is 94.5 Å². The van der Waals surface area contributed by atoms with Crippen molar-refractivity contribution in [2.24, 2.45) is 0 Å². The molecule has 7 nitrogen and oxygen atoms in total. The lowest BCUT2D eigenvalue weighted by molar-refractivity contribution is -0.139. The number of aryl methyl sites for hydroxylation is 1. The van der Waals surface area contributed by atoms with Crippen LogP contribution < -0.4 is 9.62 Å². The summed E-state index contributed by atoms with van der Waals surface area (Å²) in [5, 5.41) is 1.91. The van der Waals surface area contributed by atoms with Crippen molar-refractivity contribution in [2.45, 2.75) is 43.8 Å². The molecule has 0 aromatic heterocycles. The Balaban J connectivity index is 2.10. The predicted octanol–water partition coefficient (Wildman–Crippen LogP) is 5.46. The molecule has 0 saturated heterocycles. The summed E-state index contributed by atoms with van der Waals surface area (Å²) in [6, 6.07) is 16.6. The number of carbonyl (C=O) groups is 2. The van der Waals surface area contributed by atoms with Crippen LogP contribution in [0.2, 0.25) is 5.02 Å². The molecule has 0 saturated carbocycles. The molecule has 3 rings (SSSR count). The molecule has 0 aliphatic rings. The molecule has 3 aromatic rings. The van der Waals surface area contributed by atoms with Crippen LogP contribution in [0.15, 0.2) is 77.7 Å². The molecule has 0 unspecified atom stereocenters. The van der Waals surface area contributed by atoms with E-state index in [1.165, 1.54) is 24.1 Å². The van der Waals surface area contributed by atoms with Gasteiger partial charge in [0.1, 0.15) is 12.6 Å². The zero-order valence-electron chi connectivity index (χ0n) is 22.8. The third-order valence-corrected chi connectivity index (χ3v) is 8.67. The summed E-state index contributed by atoms with van der Waals surface area (Å²) in [6.45, 7) is 2.68. The van der Waals surface area contributed by atoms with E-state index in [1.54, 1.807) is 26.0 Å². The average Bonchev–Trinajstić information content (AvgIpc) is 2.94. The van der Waals surface area contributed by atoms with Gasteiger partial charge in [0.15, 0.2) is 0 Å². The number of carbonyl (C=O) groups excluding carboxylic acids is 2. The molecule has 2 amide bonds. The normalized spacial score (nSPS) is 12.5. The van der Waals surface area contributed by atoms with Crippen molar-refractivity contribution >= 4 is 39.1 Å². The van der Waals surface area contributed by atoms with Gasteiger partial charge in [0.2, 0.25) is 11.8 Å². The van der Waals surface area contributed by atoms with E-state index in [1.807, 2.05) is 30.3 Å². The summed E-state index contributed by atoms with van der Waals surface area (Å²) in [7, 11) is -3.10. The van der Waals surface area contributed by atoms with E-state index >= 15 is 0 Å². The number of amides is 2. The molecular formula is C29H31ClF3N3O4S. The molecule has 0 bridgehead atoms. The molecule has 0 spiro atoms. The minimum atomic E-state index is -4.87. The number of halogens is 4. The second-order valence-electron chi connectivity index (χ2n) is 9.35. The Morgan fingerprint density at radius 2 is 1.63 bits per heavy atom. The van der Waals surface area contributed by atoms with Crippen molar-refractivity contribution in [3.63, 3.8) is 0 Å². The first-order valence-electron chi connectivity index (χ1n) is 12.8. The first-order chi connectivity index (χ1) is 19.3. The number of rotatable bonds is 11. The van der Waals surface area contributed by atoms with E-state index in [0.717, 1.165) is 23.3 Å². The third-order valence-electron chi connectivity index (χ3n) is 6.55. The van der Waals surface area contributed by atoms with Crippen molar-refractivity contribution in [1.82, 2.24) is 10.2 Å². The molecule has 3 aromatic carbocycles. The van der Waals surface area contributed by atoms with E-state index in [-0.39, 0.29) is 17.9 Å². The second-order valence-corrected chi connectivity index (χ2v) is 11.6. The Kier molecular flexibility index (Phi) is 10.4. The van der Waals surface area contributed by atoms with Gasteiger partial charge in [0.05, 0.1) is 21.2 Å². The number of nitrogens with one attached hydrogen (secondary N) is 1. The van der Waals surface area contributed by atoms with E-state index in [0.29, 0.717) is 16.8 Å². The summed E-state index contributed by atoms with van der Waals surface area (Å²) in [5.41, 5.74) is 0.00666. The maximum absolute atomic E-state index is 13.8. The Bertz CT molecular complexity index is 1470. The second kappa shape index (κ2) is 13.4. The van der Waals surface area contributed by atoms with Crippen LogP contribution in [-0.4, -0.2) is 51.3 Å². The lowest BCUT2D eigenvalue weighted by atomic mass is 10.1. The highest BCUT2D eigenvalue weighted by molar-refractivity contribution is 7.92. The van der Waals surface area contributed by atoms with Crippen LogP contribution in [0.25, 0.3) is 0 Å². The SMILES string of the molecule is CC[C@@H](C(=O)NC)N(CCc1ccccc1)C(=O)CN(c1ccc(Cl)c(C(F)(F)F)c1)S(=O)(=O)c1ccc(C)cc1. The van der Waals surface area contributed by atoms with Gasteiger partial charge in [-0.3, -0.25) is 13.9 Å². The summed E-state index contributed by atoms with van der Waals surface area (Å²) in [5.74, 6) is -1.21. The fourth-order valence-electron chi connectivity index (χ4n) is 4.31. The number of sulfonamides is 1. The number of hydrogen-bond donors (Lipinski definition) is 1. The Hall–Kier alpha value is -3.57. The van der Waals surface area contributed by atoms with Gasteiger partial charge >= 0.3 is 6.18 Å².